The molecule has 0 aliphatic carbocycles. The highest BCUT2D eigenvalue weighted by Gasteiger charge is 2.35. The van der Waals surface area contributed by atoms with E-state index >= 15 is 0 Å². The van der Waals surface area contributed by atoms with E-state index < -0.39 is 0 Å². The Balaban J connectivity index is 2.08. The molecule has 0 amide bonds. The number of phenols is 1. The highest BCUT2D eigenvalue weighted by atomic mass is 79.9. The number of rotatable bonds is 5. The van der Waals surface area contributed by atoms with Crippen LogP contribution in [0.15, 0.2) is 51.8 Å². The van der Waals surface area contributed by atoms with Crippen molar-refractivity contribution in [3.63, 3.8) is 0 Å². The van der Waals surface area contributed by atoms with Crippen molar-refractivity contribution < 1.29 is 5.11 Å². The minimum atomic E-state index is 0.113. The van der Waals surface area contributed by atoms with Gasteiger partial charge in [0.15, 0.2) is 0 Å². The maximum absolute atomic E-state index is 10.2. The van der Waals surface area contributed by atoms with E-state index in [-0.39, 0.29) is 11.6 Å². The molecule has 2 atom stereocenters. The lowest BCUT2D eigenvalue weighted by Gasteiger charge is -2.36. The zero-order chi connectivity index (χ0) is 17.9. The standard InChI is InChI=1S/C21H26BrNOS/c1-3-5-11-21(4-2)14-25-19-13-18(24)17(22)12-16(19)20(23-21)15-9-7-6-8-10-15/h6-10,12-13,20,23-24H,3-5,11,14H2,1-2H3/t20-,21+/m0/s1. The molecule has 0 radical (unpaired) electrons. The quantitative estimate of drug-likeness (QED) is 0.597. The number of thioether (sulfide) groups is 1. The summed E-state index contributed by atoms with van der Waals surface area (Å²) in [6.07, 6.45) is 4.72. The first-order chi connectivity index (χ1) is 12.1. The highest BCUT2D eigenvalue weighted by molar-refractivity contribution is 9.10. The Labute approximate surface area is 163 Å². The van der Waals surface area contributed by atoms with Crippen molar-refractivity contribution >= 4 is 27.7 Å². The van der Waals surface area contributed by atoms with E-state index in [4.69, 9.17) is 0 Å². The zero-order valence-electron chi connectivity index (χ0n) is 14.9. The molecule has 3 rings (SSSR count). The van der Waals surface area contributed by atoms with Crippen molar-refractivity contribution in [2.75, 3.05) is 5.75 Å². The second-order valence-electron chi connectivity index (χ2n) is 6.86. The maximum Gasteiger partial charge on any atom is 0.130 e. The molecule has 2 N–H and O–H groups in total. The second kappa shape index (κ2) is 8.15. The van der Waals surface area contributed by atoms with Crippen LogP contribution in [0, 0.1) is 0 Å². The van der Waals surface area contributed by atoms with Crippen molar-refractivity contribution in [2.45, 2.75) is 56.0 Å². The number of fused-ring (bicyclic) bond motifs is 1. The molecule has 0 saturated carbocycles. The summed E-state index contributed by atoms with van der Waals surface area (Å²) in [5.74, 6) is 1.34. The van der Waals surface area contributed by atoms with Gasteiger partial charge in [-0.25, -0.2) is 0 Å². The Hall–Kier alpha value is -0.970. The van der Waals surface area contributed by atoms with Gasteiger partial charge in [0.05, 0.1) is 10.5 Å². The van der Waals surface area contributed by atoms with Crippen LogP contribution in [-0.2, 0) is 0 Å². The highest BCUT2D eigenvalue weighted by Crippen LogP contribution is 2.44. The molecule has 2 nitrogen and oxygen atoms in total. The van der Waals surface area contributed by atoms with Gasteiger partial charge in [0.2, 0.25) is 0 Å². The Morgan fingerprint density at radius 3 is 2.68 bits per heavy atom. The number of aromatic hydroxyl groups is 1. The van der Waals surface area contributed by atoms with Gasteiger partial charge in [-0.1, -0.05) is 57.0 Å². The lowest BCUT2D eigenvalue weighted by Crippen LogP contribution is -2.48. The van der Waals surface area contributed by atoms with E-state index in [0.29, 0.717) is 5.75 Å². The number of nitrogens with one attached hydrogen (secondary N) is 1. The molecule has 2 aromatic rings. The molecule has 0 saturated heterocycles. The van der Waals surface area contributed by atoms with Crippen molar-refractivity contribution in [1.29, 1.82) is 0 Å². The van der Waals surface area contributed by atoms with Crippen LogP contribution >= 0.6 is 27.7 Å². The van der Waals surface area contributed by atoms with Crippen LogP contribution in [0.3, 0.4) is 0 Å². The lowest BCUT2D eigenvalue weighted by atomic mass is 9.88. The molecule has 25 heavy (non-hydrogen) atoms. The van der Waals surface area contributed by atoms with Crippen LogP contribution in [0.5, 0.6) is 5.75 Å². The molecule has 1 heterocycles. The first-order valence-corrected chi connectivity index (χ1v) is 10.8. The summed E-state index contributed by atoms with van der Waals surface area (Å²) >= 11 is 5.37. The number of unbranched alkanes of at least 4 members (excludes halogenated alkanes) is 1. The predicted octanol–water partition coefficient (Wildman–Crippen LogP) is 6.28. The van der Waals surface area contributed by atoms with Crippen LogP contribution in [0.1, 0.15) is 56.7 Å². The van der Waals surface area contributed by atoms with E-state index in [2.05, 4.69) is 71.5 Å². The molecule has 0 fully saturated rings. The number of hydrogen-bond acceptors (Lipinski definition) is 3. The average molecular weight is 420 g/mol. The summed E-state index contributed by atoms with van der Waals surface area (Å²) in [5, 5.41) is 14.2. The van der Waals surface area contributed by atoms with Crippen molar-refractivity contribution in [3.8, 4) is 5.75 Å². The molecule has 1 aliphatic heterocycles. The summed E-state index contributed by atoms with van der Waals surface area (Å²) in [4.78, 5) is 1.17. The first kappa shape index (κ1) is 18.8. The molecule has 0 spiro atoms. The van der Waals surface area contributed by atoms with Gasteiger partial charge in [0.1, 0.15) is 5.75 Å². The Bertz CT molecular complexity index is 721. The topological polar surface area (TPSA) is 32.3 Å². The largest absolute Gasteiger partial charge is 0.507 e. The van der Waals surface area contributed by atoms with Gasteiger partial charge in [0, 0.05) is 16.2 Å². The molecule has 4 heteroatoms. The zero-order valence-corrected chi connectivity index (χ0v) is 17.3. The molecule has 2 aromatic carbocycles. The van der Waals surface area contributed by atoms with E-state index in [1.165, 1.54) is 35.3 Å². The number of halogens is 1. The van der Waals surface area contributed by atoms with Crippen LogP contribution in [-0.4, -0.2) is 16.4 Å². The second-order valence-corrected chi connectivity index (χ2v) is 8.73. The first-order valence-electron chi connectivity index (χ1n) is 9.06. The lowest BCUT2D eigenvalue weighted by molar-refractivity contribution is 0.298. The predicted molar refractivity (Wildman–Crippen MR) is 110 cm³/mol. The third-order valence-electron chi connectivity index (χ3n) is 5.16. The van der Waals surface area contributed by atoms with Crippen LogP contribution in [0.25, 0.3) is 0 Å². The van der Waals surface area contributed by atoms with Gasteiger partial charge in [0.25, 0.3) is 0 Å². The molecular weight excluding hydrogens is 394 g/mol. The third kappa shape index (κ3) is 4.07. The molecule has 1 aliphatic rings. The summed E-state index contributed by atoms with van der Waals surface area (Å²) in [6, 6.07) is 14.8. The average Bonchev–Trinajstić information content (AvgIpc) is 2.79. The van der Waals surface area contributed by atoms with E-state index in [1.54, 1.807) is 0 Å². The van der Waals surface area contributed by atoms with Crippen molar-refractivity contribution in [2.24, 2.45) is 0 Å². The summed E-state index contributed by atoms with van der Waals surface area (Å²) in [5.41, 5.74) is 2.63. The third-order valence-corrected chi connectivity index (χ3v) is 7.16. The monoisotopic (exact) mass is 419 g/mol. The molecule has 0 unspecified atom stereocenters. The van der Waals surface area contributed by atoms with Crippen LogP contribution < -0.4 is 5.32 Å². The van der Waals surface area contributed by atoms with Gasteiger partial charge in [-0.3, -0.25) is 5.32 Å². The molecule has 0 bridgehead atoms. The van der Waals surface area contributed by atoms with Gasteiger partial charge >= 0.3 is 0 Å². The fraction of sp³-hybridized carbons (Fsp3) is 0.429. The number of phenolic OH excluding ortho intramolecular Hbond substituents is 1. The van der Waals surface area contributed by atoms with E-state index in [0.717, 1.165) is 16.6 Å². The van der Waals surface area contributed by atoms with Gasteiger partial charge in [-0.05, 0) is 52.0 Å². The Kier molecular flexibility index (Phi) is 6.13. The van der Waals surface area contributed by atoms with E-state index in [1.807, 2.05) is 17.8 Å². The Morgan fingerprint density at radius 1 is 1.24 bits per heavy atom. The van der Waals surface area contributed by atoms with Crippen LogP contribution in [0.2, 0.25) is 0 Å². The molecular formula is C21H26BrNOS. The van der Waals surface area contributed by atoms with E-state index in [9.17, 15) is 5.11 Å². The van der Waals surface area contributed by atoms with Crippen molar-refractivity contribution in [1.82, 2.24) is 5.32 Å². The van der Waals surface area contributed by atoms with Gasteiger partial charge < -0.3 is 5.11 Å². The fourth-order valence-corrected chi connectivity index (χ4v) is 5.26. The van der Waals surface area contributed by atoms with Crippen LogP contribution in [0.4, 0.5) is 0 Å². The van der Waals surface area contributed by atoms with Gasteiger partial charge in [-0.15, -0.1) is 11.8 Å². The minimum Gasteiger partial charge on any atom is -0.507 e. The Morgan fingerprint density at radius 2 is 2.00 bits per heavy atom. The SMILES string of the molecule is CCCC[C@]1(CC)CSc2cc(O)c(Br)cc2[C@H](c2ccccc2)N1. The smallest absolute Gasteiger partial charge is 0.130 e. The maximum atomic E-state index is 10.2. The number of hydrogen-bond donors (Lipinski definition) is 2. The minimum absolute atomic E-state index is 0.113. The number of benzene rings is 2. The normalized spacial score (nSPS) is 23.1. The summed E-state index contributed by atoms with van der Waals surface area (Å²) in [7, 11) is 0. The van der Waals surface area contributed by atoms with Crippen molar-refractivity contribution in [3.05, 3.63) is 58.1 Å². The molecule has 0 aromatic heterocycles. The summed E-state index contributed by atoms with van der Waals surface area (Å²) in [6.45, 7) is 4.54. The molecule has 134 valence electrons. The fourth-order valence-electron chi connectivity index (χ4n) is 3.50. The van der Waals surface area contributed by atoms with Gasteiger partial charge in [-0.2, -0.15) is 0 Å². The summed E-state index contributed by atoms with van der Waals surface area (Å²) < 4.78 is 0.757.